The van der Waals surface area contributed by atoms with Crippen LogP contribution in [-0.2, 0) is 6.54 Å². The Hall–Kier alpha value is -0.450. The molecule has 18 heavy (non-hydrogen) atoms. The molecule has 1 aromatic heterocycles. The van der Waals surface area contributed by atoms with Crippen LogP contribution in [0.3, 0.4) is 0 Å². The van der Waals surface area contributed by atoms with Crippen LogP contribution in [0.1, 0.15) is 43.7 Å². The Balaban J connectivity index is 2.12. The second kappa shape index (κ2) is 4.91. The summed E-state index contributed by atoms with van der Waals surface area (Å²) in [4.78, 5) is 8.17. The normalized spacial score (nSPS) is 27.0. The van der Waals surface area contributed by atoms with Gasteiger partial charge in [-0.2, -0.15) is 0 Å². The zero-order chi connectivity index (χ0) is 13.4. The summed E-state index contributed by atoms with van der Waals surface area (Å²) < 4.78 is 0. The molecule has 0 saturated heterocycles. The Labute approximate surface area is 114 Å². The van der Waals surface area contributed by atoms with Crippen molar-refractivity contribution in [2.24, 2.45) is 11.1 Å². The van der Waals surface area contributed by atoms with Crippen LogP contribution in [0.5, 0.6) is 0 Å². The molecule has 1 aliphatic rings. The van der Waals surface area contributed by atoms with Gasteiger partial charge < -0.3 is 5.73 Å². The molecule has 1 unspecified atom stereocenters. The van der Waals surface area contributed by atoms with E-state index in [0.717, 1.165) is 18.8 Å². The minimum atomic E-state index is 0.180. The number of nitrogens with two attached hydrogens (primary N) is 1. The Morgan fingerprint density at radius 3 is 2.61 bits per heavy atom. The number of thiazole rings is 1. The second-order valence-electron chi connectivity index (χ2n) is 6.49. The lowest BCUT2D eigenvalue weighted by atomic mass is 9.87. The first-order valence-corrected chi connectivity index (χ1v) is 7.57. The van der Waals surface area contributed by atoms with E-state index in [4.69, 9.17) is 5.73 Å². The molecule has 0 aliphatic heterocycles. The van der Waals surface area contributed by atoms with Crippen molar-refractivity contribution in [1.29, 1.82) is 0 Å². The quantitative estimate of drug-likeness (QED) is 0.912. The maximum atomic E-state index is 6.10. The van der Waals surface area contributed by atoms with Crippen LogP contribution in [0.2, 0.25) is 0 Å². The largest absolute Gasteiger partial charge is 0.329 e. The van der Waals surface area contributed by atoms with E-state index in [1.165, 1.54) is 24.1 Å². The van der Waals surface area contributed by atoms with Crippen LogP contribution in [-0.4, -0.2) is 29.0 Å². The van der Waals surface area contributed by atoms with Gasteiger partial charge in [-0.3, -0.25) is 4.90 Å². The number of aryl methyl sites for hydroxylation is 1. The molecule has 1 aromatic rings. The Morgan fingerprint density at radius 2 is 2.17 bits per heavy atom. The van der Waals surface area contributed by atoms with Crippen molar-refractivity contribution in [2.75, 3.05) is 13.6 Å². The molecular formula is C14H25N3S. The lowest BCUT2D eigenvalue weighted by Crippen LogP contribution is -2.50. The van der Waals surface area contributed by atoms with Gasteiger partial charge in [0.05, 0.1) is 11.2 Å². The second-order valence-corrected chi connectivity index (χ2v) is 7.43. The molecule has 1 fully saturated rings. The maximum Gasteiger partial charge on any atom is 0.0798 e. The van der Waals surface area contributed by atoms with Gasteiger partial charge in [0.25, 0.3) is 0 Å². The standard InChI is InChI=1S/C14H25N3S/c1-11-12(18-10-16-11)7-17(4)14(9-15)6-5-13(2,3)8-14/h10H,5-9,15H2,1-4H3. The van der Waals surface area contributed by atoms with E-state index in [2.05, 4.69) is 37.7 Å². The highest BCUT2D eigenvalue weighted by molar-refractivity contribution is 7.09. The van der Waals surface area contributed by atoms with Gasteiger partial charge in [0.1, 0.15) is 0 Å². The molecule has 1 aliphatic carbocycles. The summed E-state index contributed by atoms with van der Waals surface area (Å²) in [5.41, 5.74) is 9.81. The maximum absolute atomic E-state index is 6.10. The molecule has 1 saturated carbocycles. The number of nitrogens with zero attached hydrogens (tertiary/aromatic N) is 2. The summed E-state index contributed by atoms with van der Waals surface area (Å²) >= 11 is 1.75. The number of rotatable bonds is 4. The summed E-state index contributed by atoms with van der Waals surface area (Å²) in [7, 11) is 2.22. The first-order chi connectivity index (χ1) is 8.38. The third kappa shape index (κ3) is 2.60. The van der Waals surface area contributed by atoms with Crippen LogP contribution in [0.4, 0.5) is 0 Å². The Morgan fingerprint density at radius 1 is 1.44 bits per heavy atom. The van der Waals surface area contributed by atoms with Crippen molar-refractivity contribution < 1.29 is 0 Å². The van der Waals surface area contributed by atoms with Gasteiger partial charge in [0.2, 0.25) is 0 Å². The van der Waals surface area contributed by atoms with E-state index in [1.807, 2.05) is 5.51 Å². The molecule has 0 aromatic carbocycles. The van der Waals surface area contributed by atoms with Crippen LogP contribution < -0.4 is 5.73 Å². The molecule has 1 heterocycles. The highest BCUT2D eigenvalue weighted by Gasteiger charge is 2.44. The molecular weight excluding hydrogens is 242 g/mol. The van der Waals surface area contributed by atoms with Crippen LogP contribution in [0.25, 0.3) is 0 Å². The summed E-state index contributed by atoms with van der Waals surface area (Å²) in [6.45, 7) is 8.54. The van der Waals surface area contributed by atoms with Crippen molar-refractivity contribution in [2.45, 2.75) is 52.1 Å². The lowest BCUT2D eigenvalue weighted by molar-refractivity contribution is 0.112. The highest BCUT2D eigenvalue weighted by Crippen LogP contribution is 2.46. The number of aromatic nitrogens is 1. The van der Waals surface area contributed by atoms with Gasteiger partial charge in [-0.25, -0.2) is 4.98 Å². The molecule has 2 rings (SSSR count). The molecule has 0 amide bonds. The minimum absolute atomic E-state index is 0.180. The van der Waals surface area contributed by atoms with Gasteiger partial charge in [-0.05, 0) is 38.6 Å². The Bertz CT molecular complexity index is 413. The van der Waals surface area contributed by atoms with Crippen molar-refractivity contribution in [1.82, 2.24) is 9.88 Å². The molecule has 2 N–H and O–H groups in total. The summed E-state index contributed by atoms with van der Waals surface area (Å²) in [5, 5.41) is 0. The van der Waals surface area contributed by atoms with Crippen LogP contribution in [0, 0.1) is 12.3 Å². The molecule has 4 heteroatoms. The number of hydrogen-bond acceptors (Lipinski definition) is 4. The highest BCUT2D eigenvalue weighted by atomic mass is 32.1. The van der Waals surface area contributed by atoms with E-state index in [9.17, 15) is 0 Å². The van der Waals surface area contributed by atoms with E-state index >= 15 is 0 Å². The SMILES string of the molecule is Cc1ncsc1CN(C)C1(CN)CCC(C)(C)C1. The summed E-state index contributed by atoms with van der Waals surface area (Å²) in [6, 6.07) is 0. The summed E-state index contributed by atoms with van der Waals surface area (Å²) in [5.74, 6) is 0. The van der Waals surface area contributed by atoms with Crippen molar-refractivity contribution in [3.63, 3.8) is 0 Å². The van der Waals surface area contributed by atoms with Crippen LogP contribution in [0.15, 0.2) is 5.51 Å². The zero-order valence-corrected chi connectivity index (χ0v) is 12.8. The summed E-state index contributed by atoms with van der Waals surface area (Å²) in [6.07, 6.45) is 3.69. The molecule has 102 valence electrons. The fraction of sp³-hybridized carbons (Fsp3) is 0.786. The van der Waals surface area contributed by atoms with E-state index in [-0.39, 0.29) is 5.54 Å². The zero-order valence-electron chi connectivity index (χ0n) is 12.0. The van der Waals surface area contributed by atoms with Gasteiger partial charge in [0.15, 0.2) is 0 Å². The minimum Gasteiger partial charge on any atom is -0.329 e. The predicted molar refractivity (Wildman–Crippen MR) is 77.7 cm³/mol. The van der Waals surface area contributed by atoms with Crippen LogP contribution >= 0.6 is 11.3 Å². The van der Waals surface area contributed by atoms with Crippen molar-refractivity contribution in [3.05, 3.63) is 16.1 Å². The van der Waals surface area contributed by atoms with E-state index in [0.29, 0.717) is 5.41 Å². The van der Waals surface area contributed by atoms with Gasteiger partial charge in [-0.1, -0.05) is 13.8 Å². The Kier molecular flexibility index (Phi) is 3.81. The first kappa shape index (κ1) is 14.0. The fourth-order valence-electron chi connectivity index (χ4n) is 3.16. The fourth-order valence-corrected chi connectivity index (χ4v) is 3.99. The van der Waals surface area contributed by atoms with E-state index in [1.54, 1.807) is 11.3 Å². The topological polar surface area (TPSA) is 42.2 Å². The number of hydrogen-bond donors (Lipinski definition) is 1. The van der Waals surface area contributed by atoms with E-state index < -0.39 is 0 Å². The van der Waals surface area contributed by atoms with Gasteiger partial charge >= 0.3 is 0 Å². The average molecular weight is 267 g/mol. The third-order valence-electron chi connectivity index (χ3n) is 4.49. The smallest absolute Gasteiger partial charge is 0.0798 e. The van der Waals surface area contributed by atoms with Gasteiger partial charge in [-0.15, -0.1) is 11.3 Å². The molecule has 1 atom stereocenters. The first-order valence-electron chi connectivity index (χ1n) is 6.69. The molecule has 3 nitrogen and oxygen atoms in total. The average Bonchev–Trinajstić information content (AvgIpc) is 2.84. The monoisotopic (exact) mass is 267 g/mol. The predicted octanol–water partition coefficient (Wildman–Crippen LogP) is 2.79. The lowest BCUT2D eigenvalue weighted by Gasteiger charge is -2.39. The number of likely N-dealkylation sites (N-methyl/N-ethyl adjacent to an activating group) is 1. The molecule has 0 bridgehead atoms. The van der Waals surface area contributed by atoms with Crippen molar-refractivity contribution >= 4 is 11.3 Å². The van der Waals surface area contributed by atoms with Gasteiger partial charge in [0, 0.05) is 23.5 Å². The van der Waals surface area contributed by atoms with Crippen molar-refractivity contribution in [3.8, 4) is 0 Å². The molecule has 0 spiro atoms. The third-order valence-corrected chi connectivity index (χ3v) is 5.41. The molecule has 0 radical (unpaired) electrons.